The number of rotatable bonds is 4. The zero-order valence-corrected chi connectivity index (χ0v) is 14.0. The Labute approximate surface area is 130 Å². The van der Waals surface area contributed by atoms with Crippen LogP contribution in [-0.2, 0) is 15.9 Å². The summed E-state index contributed by atoms with van der Waals surface area (Å²) in [6.07, 6.45) is 0. The monoisotopic (exact) mass is 379 g/mol. The van der Waals surface area contributed by atoms with Crippen molar-refractivity contribution in [2.45, 2.75) is 10.8 Å². The number of para-hydroxylation sites is 1. The summed E-state index contributed by atoms with van der Waals surface area (Å²) < 4.78 is 26.9. The molecule has 1 aromatic heterocycles. The molecule has 0 atom stereocenters. The van der Waals surface area contributed by atoms with Gasteiger partial charge in [-0.3, -0.25) is 4.31 Å². The standard InChI is InChI=1S/C12H11BrClNO2S2/c1-15(9-5-3-2-4-6-9)19(16,17)11-7-10(8-14)18-12(11)13/h2-7H,8H2,1H3. The fraction of sp³-hybridized carbons (Fsp3) is 0.167. The lowest BCUT2D eigenvalue weighted by Crippen LogP contribution is -2.26. The van der Waals surface area contributed by atoms with Gasteiger partial charge in [0.05, 0.1) is 15.4 Å². The van der Waals surface area contributed by atoms with Crippen LogP contribution in [0.1, 0.15) is 4.88 Å². The van der Waals surface area contributed by atoms with Gasteiger partial charge in [0, 0.05) is 11.9 Å². The van der Waals surface area contributed by atoms with Gasteiger partial charge in [-0.05, 0) is 34.1 Å². The van der Waals surface area contributed by atoms with Gasteiger partial charge in [-0.1, -0.05) is 18.2 Å². The van der Waals surface area contributed by atoms with Gasteiger partial charge >= 0.3 is 0 Å². The number of alkyl halides is 1. The third-order valence-corrected chi connectivity index (χ3v) is 7.08. The molecular weight excluding hydrogens is 370 g/mol. The highest BCUT2D eigenvalue weighted by molar-refractivity contribution is 9.11. The average Bonchev–Trinajstić information content (AvgIpc) is 2.81. The van der Waals surface area contributed by atoms with Crippen LogP contribution in [0.5, 0.6) is 0 Å². The van der Waals surface area contributed by atoms with Crippen LogP contribution in [0.2, 0.25) is 0 Å². The van der Waals surface area contributed by atoms with Crippen molar-refractivity contribution in [2.75, 3.05) is 11.4 Å². The Bertz CT molecular complexity index is 670. The van der Waals surface area contributed by atoms with Gasteiger partial charge in [0.1, 0.15) is 4.90 Å². The van der Waals surface area contributed by atoms with Gasteiger partial charge in [-0.15, -0.1) is 22.9 Å². The first kappa shape index (κ1) is 14.8. The van der Waals surface area contributed by atoms with Crippen molar-refractivity contribution in [1.29, 1.82) is 0 Å². The molecule has 3 nitrogen and oxygen atoms in total. The van der Waals surface area contributed by atoms with Crippen LogP contribution in [0.25, 0.3) is 0 Å². The van der Waals surface area contributed by atoms with Crippen LogP contribution in [0.4, 0.5) is 5.69 Å². The average molecular weight is 381 g/mol. The van der Waals surface area contributed by atoms with Crippen LogP contribution in [0, 0.1) is 0 Å². The summed E-state index contributed by atoms with van der Waals surface area (Å²) in [5, 5.41) is 0. The topological polar surface area (TPSA) is 37.4 Å². The summed E-state index contributed by atoms with van der Waals surface area (Å²) in [5.41, 5.74) is 0.619. The van der Waals surface area contributed by atoms with E-state index in [2.05, 4.69) is 15.9 Å². The highest BCUT2D eigenvalue weighted by Crippen LogP contribution is 2.35. The van der Waals surface area contributed by atoms with Crippen LogP contribution < -0.4 is 4.31 Å². The molecule has 0 saturated heterocycles. The van der Waals surface area contributed by atoms with Gasteiger partial charge in [0.2, 0.25) is 0 Å². The number of hydrogen-bond donors (Lipinski definition) is 0. The van der Waals surface area contributed by atoms with E-state index >= 15 is 0 Å². The summed E-state index contributed by atoms with van der Waals surface area (Å²) in [5.74, 6) is 0.299. The van der Waals surface area contributed by atoms with E-state index in [1.54, 1.807) is 30.3 Å². The molecule has 0 aliphatic rings. The summed E-state index contributed by atoms with van der Waals surface area (Å²) in [6.45, 7) is 0. The fourth-order valence-electron chi connectivity index (χ4n) is 1.56. The molecule has 0 N–H and O–H groups in total. The lowest BCUT2D eigenvalue weighted by Gasteiger charge is -2.18. The zero-order chi connectivity index (χ0) is 14.0. The molecule has 0 bridgehead atoms. The van der Waals surface area contributed by atoms with E-state index in [9.17, 15) is 8.42 Å². The van der Waals surface area contributed by atoms with Crippen molar-refractivity contribution >= 4 is 54.6 Å². The Morgan fingerprint density at radius 3 is 2.47 bits per heavy atom. The van der Waals surface area contributed by atoms with E-state index in [1.165, 1.54) is 22.7 Å². The molecule has 0 radical (unpaired) electrons. The van der Waals surface area contributed by atoms with Crippen molar-refractivity contribution in [3.8, 4) is 0 Å². The Morgan fingerprint density at radius 1 is 1.32 bits per heavy atom. The fourth-order valence-corrected chi connectivity index (χ4v) is 5.48. The Morgan fingerprint density at radius 2 is 1.95 bits per heavy atom. The molecule has 7 heteroatoms. The summed E-state index contributed by atoms with van der Waals surface area (Å²) in [6, 6.07) is 10.6. The molecular formula is C12H11BrClNO2S2. The molecule has 1 heterocycles. The molecule has 102 valence electrons. The van der Waals surface area contributed by atoms with Gasteiger partial charge in [-0.2, -0.15) is 0 Å². The van der Waals surface area contributed by atoms with Crippen molar-refractivity contribution in [3.05, 3.63) is 45.1 Å². The van der Waals surface area contributed by atoms with E-state index in [0.717, 1.165) is 4.88 Å². The minimum Gasteiger partial charge on any atom is -0.269 e. The first-order valence-electron chi connectivity index (χ1n) is 5.35. The number of sulfonamides is 1. The molecule has 0 amide bonds. The molecule has 0 fully saturated rings. The minimum atomic E-state index is -3.57. The second kappa shape index (κ2) is 5.83. The van der Waals surface area contributed by atoms with Gasteiger partial charge < -0.3 is 0 Å². The highest BCUT2D eigenvalue weighted by atomic mass is 79.9. The predicted molar refractivity (Wildman–Crippen MR) is 83.6 cm³/mol. The molecule has 0 aliphatic carbocycles. The van der Waals surface area contributed by atoms with Crippen LogP contribution in [-0.4, -0.2) is 15.5 Å². The second-order valence-electron chi connectivity index (χ2n) is 3.79. The molecule has 0 saturated carbocycles. The van der Waals surface area contributed by atoms with E-state index < -0.39 is 10.0 Å². The van der Waals surface area contributed by atoms with Gasteiger partial charge in [-0.25, -0.2) is 8.42 Å². The number of nitrogens with zero attached hydrogens (tertiary/aromatic N) is 1. The van der Waals surface area contributed by atoms with Crippen molar-refractivity contribution in [1.82, 2.24) is 0 Å². The van der Waals surface area contributed by atoms with Gasteiger partial charge in [0.15, 0.2) is 0 Å². The number of thiophene rings is 1. The Kier molecular flexibility index (Phi) is 4.55. The molecule has 0 aliphatic heterocycles. The second-order valence-corrected chi connectivity index (χ2v) is 8.45. The number of halogens is 2. The van der Waals surface area contributed by atoms with E-state index in [0.29, 0.717) is 15.4 Å². The molecule has 2 rings (SSSR count). The van der Waals surface area contributed by atoms with Crippen molar-refractivity contribution in [3.63, 3.8) is 0 Å². The minimum absolute atomic E-state index is 0.250. The lowest BCUT2D eigenvalue weighted by molar-refractivity contribution is 0.594. The van der Waals surface area contributed by atoms with E-state index in [-0.39, 0.29) is 4.90 Å². The summed E-state index contributed by atoms with van der Waals surface area (Å²) >= 11 is 10.4. The van der Waals surface area contributed by atoms with Crippen LogP contribution in [0.3, 0.4) is 0 Å². The highest BCUT2D eigenvalue weighted by Gasteiger charge is 2.25. The predicted octanol–water partition coefficient (Wildman–Crippen LogP) is 4.07. The number of benzene rings is 1. The Balaban J connectivity index is 2.45. The first-order valence-corrected chi connectivity index (χ1v) is 8.93. The maximum absolute atomic E-state index is 12.5. The van der Waals surface area contributed by atoms with Crippen molar-refractivity contribution in [2.24, 2.45) is 0 Å². The largest absolute Gasteiger partial charge is 0.269 e. The Hall–Kier alpha value is -0.560. The maximum Gasteiger partial charge on any atom is 0.266 e. The third-order valence-electron chi connectivity index (χ3n) is 2.60. The van der Waals surface area contributed by atoms with E-state index in [1.807, 2.05) is 6.07 Å². The van der Waals surface area contributed by atoms with Crippen molar-refractivity contribution < 1.29 is 8.42 Å². The summed E-state index contributed by atoms with van der Waals surface area (Å²) in [4.78, 5) is 1.06. The summed E-state index contributed by atoms with van der Waals surface area (Å²) in [7, 11) is -2.04. The van der Waals surface area contributed by atoms with Gasteiger partial charge in [0.25, 0.3) is 10.0 Å². The smallest absolute Gasteiger partial charge is 0.266 e. The molecule has 19 heavy (non-hydrogen) atoms. The van der Waals surface area contributed by atoms with Crippen LogP contribution >= 0.6 is 38.9 Å². The van der Waals surface area contributed by atoms with E-state index in [4.69, 9.17) is 11.6 Å². The number of anilines is 1. The first-order chi connectivity index (χ1) is 8.96. The molecule has 0 spiro atoms. The SMILES string of the molecule is CN(c1ccccc1)S(=O)(=O)c1cc(CCl)sc1Br. The molecule has 1 aromatic carbocycles. The lowest BCUT2D eigenvalue weighted by atomic mass is 10.3. The number of hydrogen-bond acceptors (Lipinski definition) is 3. The molecule has 2 aromatic rings. The molecule has 0 unspecified atom stereocenters. The zero-order valence-electron chi connectivity index (χ0n) is 10.0. The normalized spacial score (nSPS) is 11.5. The van der Waals surface area contributed by atoms with Crippen LogP contribution in [0.15, 0.2) is 45.1 Å². The quantitative estimate of drug-likeness (QED) is 0.750. The maximum atomic E-state index is 12.5. The third kappa shape index (κ3) is 2.97.